The highest BCUT2D eigenvalue weighted by Gasteiger charge is 2.42. The maximum absolute atomic E-state index is 13.9. The lowest BCUT2D eigenvalue weighted by atomic mass is 9.86. The van der Waals surface area contributed by atoms with E-state index < -0.39 is 17.7 Å². The molecule has 0 bridgehead atoms. The fourth-order valence-corrected chi connectivity index (χ4v) is 9.20. The van der Waals surface area contributed by atoms with Crippen molar-refractivity contribution in [2.75, 3.05) is 32.8 Å². The van der Waals surface area contributed by atoms with Gasteiger partial charge in [0.2, 0.25) is 11.2 Å². The fourth-order valence-electron chi connectivity index (χ4n) is 9.20. The molecule has 14 nitrogen and oxygen atoms in total. The van der Waals surface area contributed by atoms with Gasteiger partial charge in [-0.05, 0) is 116 Å². The van der Waals surface area contributed by atoms with E-state index in [1.54, 1.807) is 72.8 Å². The van der Waals surface area contributed by atoms with Crippen LogP contribution in [0.5, 0.6) is 11.5 Å². The number of phenols is 1. The molecule has 2 aliphatic rings. The zero-order chi connectivity index (χ0) is 47.5. The Hall–Kier alpha value is -6.84. The van der Waals surface area contributed by atoms with Crippen LogP contribution in [0.15, 0.2) is 138 Å². The van der Waals surface area contributed by atoms with E-state index >= 15 is 0 Å². The molecule has 354 valence electrons. The van der Waals surface area contributed by atoms with Crippen LogP contribution in [0.3, 0.4) is 0 Å². The van der Waals surface area contributed by atoms with Crippen molar-refractivity contribution in [1.29, 1.82) is 0 Å². The normalized spacial score (nSPS) is 18.0. The van der Waals surface area contributed by atoms with Crippen molar-refractivity contribution in [2.24, 2.45) is 5.92 Å². The van der Waals surface area contributed by atoms with Crippen molar-refractivity contribution in [3.8, 4) is 11.5 Å². The molecule has 2 amide bonds. The topological polar surface area (TPSA) is 203 Å². The van der Waals surface area contributed by atoms with Crippen molar-refractivity contribution in [3.63, 3.8) is 0 Å². The van der Waals surface area contributed by atoms with E-state index in [0.717, 1.165) is 38.0 Å². The number of esters is 1. The van der Waals surface area contributed by atoms with Gasteiger partial charge >= 0.3 is 5.97 Å². The Labute approximate surface area is 395 Å². The average Bonchev–Trinajstić information content (AvgIpc) is 3.37. The lowest BCUT2D eigenvalue weighted by Gasteiger charge is -2.33. The molecule has 68 heavy (non-hydrogen) atoms. The van der Waals surface area contributed by atoms with Gasteiger partial charge in [-0.15, -0.1) is 0 Å². The second kappa shape index (κ2) is 22.3. The molecule has 0 radical (unpaired) electrons. The summed E-state index contributed by atoms with van der Waals surface area (Å²) in [4.78, 5) is 56.9. The predicted molar refractivity (Wildman–Crippen MR) is 258 cm³/mol. The highest BCUT2D eigenvalue weighted by molar-refractivity contribution is 5.94. The van der Waals surface area contributed by atoms with Crippen LogP contribution in [-0.4, -0.2) is 87.9 Å². The van der Waals surface area contributed by atoms with E-state index in [-0.39, 0.29) is 72.0 Å². The van der Waals surface area contributed by atoms with Gasteiger partial charge in [-0.3, -0.25) is 19.3 Å². The highest BCUT2D eigenvalue weighted by atomic mass is 16.5. The van der Waals surface area contributed by atoms with E-state index in [9.17, 15) is 34.5 Å². The van der Waals surface area contributed by atoms with Crippen LogP contribution in [0.1, 0.15) is 82.8 Å². The second-order valence-corrected chi connectivity index (χ2v) is 17.9. The Morgan fingerprint density at radius 1 is 0.750 bits per heavy atom. The number of aromatic hydroxyl groups is 1. The third-order valence-electron chi connectivity index (χ3n) is 13.1. The molecule has 7 N–H and O–H groups in total. The minimum Gasteiger partial charge on any atom is -0.506 e. The quantitative estimate of drug-likeness (QED) is 0.0500. The summed E-state index contributed by atoms with van der Waals surface area (Å²) in [7, 11) is 0. The summed E-state index contributed by atoms with van der Waals surface area (Å²) in [6.07, 6.45) is 3.62. The zero-order valence-corrected chi connectivity index (χ0v) is 37.9. The Kier molecular flexibility index (Phi) is 15.6. The van der Waals surface area contributed by atoms with Gasteiger partial charge in [0.1, 0.15) is 11.5 Å². The number of carbonyl (C=O) groups excluding carboxylic acids is 3. The second-order valence-electron chi connectivity index (χ2n) is 17.9. The molecule has 8 rings (SSSR count). The number of nitrogens with one attached hydrogen (secondary N) is 4. The Morgan fingerprint density at radius 2 is 1.43 bits per heavy atom. The largest absolute Gasteiger partial charge is 0.506 e. The summed E-state index contributed by atoms with van der Waals surface area (Å²) in [5.41, 5.74) is 1.76. The molecule has 2 fully saturated rings. The molecule has 1 aromatic heterocycles. The number of benzene rings is 5. The Bertz CT molecular complexity index is 2700. The van der Waals surface area contributed by atoms with Crippen LogP contribution in [0.25, 0.3) is 10.9 Å². The third kappa shape index (κ3) is 12.0. The molecule has 2 atom stereocenters. The lowest BCUT2D eigenvalue weighted by Crippen LogP contribution is -2.44. The van der Waals surface area contributed by atoms with E-state index in [2.05, 4.69) is 38.0 Å². The summed E-state index contributed by atoms with van der Waals surface area (Å²) < 4.78 is 11.8. The lowest BCUT2D eigenvalue weighted by molar-refractivity contribution is -0.164. The highest BCUT2D eigenvalue weighted by Crippen LogP contribution is 2.34. The molecule has 1 saturated carbocycles. The van der Waals surface area contributed by atoms with Crippen molar-refractivity contribution in [3.05, 3.63) is 177 Å². The minimum atomic E-state index is -2.10. The van der Waals surface area contributed by atoms with E-state index in [1.807, 2.05) is 36.4 Å². The SMILES string of the molecule is O=C(COc1cccc(C(O)(C(=O)OCC2CCN(Cc3ccccc3)CC2)c2ccccc2)c1)NC1CCC(NC(=O)c2ccc(CNC[C@H](O)c3ccc(O)c4[nH]c(=O)ccc34)cc2)CC1. The number of likely N-dealkylation sites (tertiary alicyclic amines) is 1. The van der Waals surface area contributed by atoms with Crippen molar-refractivity contribution in [1.82, 2.24) is 25.8 Å². The number of aliphatic hydroxyl groups is 2. The molecule has 1 aliphatic carbocycles. The van der Waals surface area contributed by atoms with E-state index in [1.165, 1.54) is 17.7 Å². The minimum absolute atomic E-state index is 0.0423. The number of aliphatic hydroxyl groups excluding tert-OH is 1. The fraction of sp³-hybridized carbons (Fsp3) is 0.333. The number of pyridine rings is 1. The summed E-state index contributed by atoms with van der Waals surface area (Å²) in [6.45, 7) is 3.30. The van der Waals surface area contributed by atoms with Gasteiger partial charge in [-0.2, -0.15) is 0 Å². The molecular formula is C54H59N5O9. The third-order valence-corrected chi connectivity index (χ3v) is 13.1. The van der Waals surface area contributed by atoms with Crippen LogP contribution >= 0.6 is 0 Å². The number of ether oxygens (including phenoxy) is 2. The maximum Gasteiger partial charge on any atom is 0.347 e. The molecule has 1 saturated heterocycles. The summed E-state index contributed by atoms with van der Waals surface area (Å²) in [5, 5.41) is 43.1. The summed E-state index contributed by atoms with van der Waals surface area (Å²) in [6, 6.07) is 38.8. The number of fused-ring (bicyclic) bond motifs is 1. The van der Waals surface area contributed by atoms with Gasteiger partial charge in [0.25, 0.3) is 11.8 Å². The number of aromatic nitrogens is 1. The van der Waals surface area contributed by atoms with Gasteiger partial charge in [-0.1, -0.05) is 91.0 Å². The smallest absolute Gasteiger partial charge is 0.347 e. The number of aromatic amines is 1. The van der Waals surface area contributed by atoms with E-state index in [0.29, 0.717) is 60.1 Å². The van der Waals surface area contributed by atoms with Crippen LogP contribution < -0.4 is 26.2 Å². The average molecular weight is 922 g/mol. The van der Waals surface area contributed by atoms with Gasteiger partial charge in [-0.25, -0.2) is 4.79 Å². The Balaban J connectivity index is 0.761. The maximum atomic E-state index is 13.9. The first-order valence-corrected chi connectivity index (χ1v) is 23.4. The van der Waals surface area contributed by atoms with Crippen molar-refractivity contribution >= 4 is 28.7 Å². The first-order chi connectivity index (χ1) is 33.0. The number of phenolic OH excluding ortho intramolecular Hbond substituents is 1. The van der Waals surface area contributed by atoms with Gasteiger partial charge in [0.15, 0.2) is 6.61 Å². The van der Waals surface area contributed by atoms with Crippen LogP contribution in [0.4, 0.5) is 0 Å². The number of piperidine rings is 1. The van der Waals surface area contributed by atoms with E-state index in [4.69, 9.17) is 9.47 Å². The number of hydrogen-bond donors (Lipinski definition) is 7. The van der Waals surface area contributed by atoms with Crippen LogP contribution in [0.2, 0.25) is 0 Å². The number of hydrogen-bond acceptors (Lipinski definition) is 11. The molecule has 1 unspecified atom stereocenters. The molecule has 14 heteroatoms. The molecule has 1 aliphatic heterocycles. The first-order valence-electron chi connectivity index (χ1n) is 23.4. The molecule has 0 spiro atoms. The molecule has 6 aromatic rings. The standard InChI is InChI=1S/C54H59N5O9/c60-47-24-22-45(46-23-25-49(62)58-51(46)47)48(61)32-55-31-36-14-16-39(17-15-36)52(64)57-43-20-18-42(19-21-43)56-50(63)35-67-44-13-7-12-41(30-44)54(66,40-10-5-2-6-11-40)53(65)68-34-38-26-28-59(29-27-38)33-37-8-3-1-4-9-37/h1-17,22-25,30,38,42-43,48,55,60-61,66H,18-21,26-29,31-35H2,(H,56,63)(H,57,64)(H,58,62)/t42?,43?,48-,54?/m0/s1. The van der Waals surface area contributed by atoms with Crippen LogP contribution in [-0.2, 0) is 33.0 Å². The Morgan fingerprint density at radius 3 is 2.15 bits per heavy atom. The van der Waals surface area contributed by atoms with Crippen molar-refractivity contribution in [2.45, 2.75) is 75.4 Å². The number of rotatable bonds is 18. The molecular weight excluding hydrogens is 863 g/mol. The number of nitrogens with zero attached hydrogens (tertiary/aromatic N) is 1. The zero-order valence-electron chi connectivity index (χ0n) is 37.9. The monoisotopic (exact) mass is 921 g/mol. The number of H-pyrrole nitrogens is 1. The van der Waals surface area contributed by atoms with Gasteiger partial charge < -0.3 is 45.7 Å². The number of amides is 2. The molecule has 2 heterocycles. The van der Waals surface area contributed by atoms with Gasteiger partial charge in [0.05, 0.1) is 18.2 Å². The predicted octanol–water partition coefficient (Wildman–Crippen LogP) is 5.98. The molecule has 5 aromatic carbocycles. The summed E-state index contributed by atoms with van der Waals surface area (Å²) in [5.74, 6) is -0.814. The van der Waals surface area contributed by atoms with Gasteiger partial charge in [0, 0.05) is 54.3 Å². The van der Waals surface area contributed by atoms with Crippen molar-refractivity contribution < 1.29 is 39.2 Å². The van der Waals surface area contributed by atoms with Crippen LogP contribution in [0, 0.1) is 5.92 Å². The number of carbonyl (C=O) groups is 3. The summed E-state index contributed by atoms with van der Waals surface area (Å²) >= 11 is 0. The first kappa shape index (κ1) is 47.6.